The number of benzene rings is 2. The summed E-state index contributed by atoms with van der Waals surface area (Å²) in [6.07, 6.45) is 0. The number of carbonyl (C=O) groups is 2. The molecule has 4 nitrogen and oxygen atoms in total. The lowest BCUT2D eigenvalue weighted by atomic mass is 9.91. The summed E-state index contributed by atoms with van der Waals surface area (Å²) in [7, 11) is 2.04. The molecule has 2 heterocycles. The number of para-hydroxylation sites is 1. The Morgan fingerprint density at radius 1 is 0.821 bits per heavy atom. The van der Waals surface area contributed by atoms with Crippen LogP contribution in [0.2, 0.25) is 0 Å². The molecule has 1 aromatic heterocycles. The molecule has 4 rings (SSSR count). The summed E-state index contributed by atoms with van der Waals surface area (Å²) in [4.78, 5) is 25.0. The van der Waals surface area contributed by atoms with E-state index < -0.39 is 0 Å². The Morgan fingerprint density at radius 3 is 2.11 bits per heavy atom. The van der Waals surface area contributed by atoms with E-state index in [4.69, 9.17) is 0 Å². The van der Waals surface area contributed by atoms with Gasteiger partial charge in [-0.25, -0.2) is 0 Å². The average Bonchev–Trinajstić information content (AvgIpc) is 3.15. The van der Waals surface area contributed by atoms with Crippen LogP contribution in [0, 0.1) is 0 Å². The van der Waals surface area contributed by atoms with Gasteiger partial charge in [-0.1, -0.05) is 54.1 Å². The highest BCUT2D eigenvalue weighted by Gasteiger charge is 2.34. The van der Waals surface area contributed by atoms with Gasteiger partial charge in [0.2, 0.25) is 0 Å². The first kappa shape index (κ1) is 18.0. The third-order valence-corrected chi connectivity index (χ3v) is 5.34. The molecule has 1 saturated heterocycles. The smallest absolute Gasteiger partial charge is 0.259 e. The van der Waals surface area contributed by atoms with Gasteiger partial charge in [0, 0.05) is 23.5 Å². The Hall–Kier alpha value is -3.40. The first-order chi connectivity index (χ1) is 13.4. The van der Waals surface area contributed by atoms with Crippen molar-refractivity contribution in [2.75, 3.05) is 0 Å². The molecule has 1 aliphatic heterocycles. The van der Waals surface area contributed by atoms with Crippen molar-refractivity contribution in [2.45, 2.75) is 20.8 Å². The molecule has 0 unspecified atom stereocenters. The van der Waals surface area contributed by atoms with Crippen LogP contribution in [-0.4, -0.2) is 16.4 Å². The second-order valence-corrected chi connectivity index (χ2v) is 7.32. The minimum absolute atomic E-state index is 0.319. The van der Waals surface area contributed by atoms with Gasteiger partial charge in [0.25, 0.3) is 11.8 Å². The number of nitrogens with zero attached hydrogens (tertiary/aromatic N) is 1. The quantitative estimate of drug-likeness (QED) is 0.529. The Morgan fingerprint density at radius 2 is 1.43 bits per heavy atom. The first-order valence-electron chi connectivity index (χ1n) is 9.29. The summed E-state index contributed by atoms with van der Waals surface area (Å²) in [6.45, 7) is 5.66. The third-order valence-electron chi connectivity index (χ3n) is 5.34. The average molecular weight is 370 g/mol. The van der Waals surface area contributed by atoms with E-state index in [9.17, 15) is 9.59 Å². The zero-order valence-corrected chi connectivity index (χ0v) is 16.5. The van der Waals surface area contributed by atoms with Crippen LogP contribution < -0.4 is 5.32 Å². The highest BCUT2D eigenvalue weighted by molar-refractivity contribution is 6.28. The number of allylic oxidation sites excluding steroid dienone is 2. The second kappa shape index (κ2) is 6.64. The number of imide groups is 1. The molecule has 0 radical (unpaired) electrons. The number of aromatic nitrogens is 1. The van der Waals surface area contributed by atoms with Crippen molar-refractivity contribution in [1.82, 2.24) is 9.88 Å². The predicted octanol–water partition coefficient (Wildman–Crippen LogP) is 4.61. The van der Waals surface area contributed by atoms with Gasteiger partial charge in [0.1, 0.15) is 0 Å². The molecule has 4 heteroatoms. The molecule has 2 amide bonds. The number of amides is 2. The molecule has 0 saturated carbocycles. The van der Waals surface area contributed by atoms with Gasteiger partial charge in [0.15, 0.2) is 0 Å². The van der Waals surface area contributed by atoms with Crippen molar-refractivity contribution < 1.29 is 9.59 Å². The number of carbonyl (C=O) groups excluding carboxylic acids is 2. The van der Waals surface area contributed by atoms with Crippen molar-refractivity contribution in [1.29, 1.82) is 0 Å². The van der Waals surface area contributed by atoms with Crippen LogP contribution in [0.4, 0.5) is 0 Å². The predicted molar refractivity (Wildman–Crippen MR) is 112 cm³/mol. The minimum atomic E-state index is -0.328. The van der Waals surface area contributed by atoms with Gasteiger partial charge in [-0.15, -0.1) is 0 Å². The van der Waals surface area contributed by atoms with Gasteiger partial charge < -0.3 is 4.57 Å². The van der Waals surface area contributed by atoms with Crippen molar-refractivity contribution in [3.05, 3.63) is 76.9 Å². The molecular formula is C24H22N2O2. The van der Waals surface area contributed by atoms with Crippen LogP contribution in [0.15, 0.2) is 71.3 Å². The molecule has 28 heavy (non-hydrogen) atoms. The van der Waals surface area contributed by atoms with Crippen LogP contribution in [0.1, 0.15) is 26.3 Å². The van der Waals surface area contributed by atoms with Crippen LogP contribution >= 0.6 is 0 Å². The number of fused-ring (bicyclic) bond motifs is 1. The van der Waals surface area contributed by atoms with E-state index >= 15 is 0 Å². The zero-order chi connectivity index (χ0) is 20.0. The minimum Gasteiger partial charge on any atom is -0.343 e. The molecule has 0 spiro atoms. The molecule has 1 aliphatic rings. The molecule has 3 aromatic rings. The van der Waals surface area contributed by atoms with Gasteiger partial charge >= 0.3 is 0 Å². The Kier molecular flexibility index (Phi) is 4.27. The van der Waals surface area contributed by atoms with E-state index in [1.807, 2.05) is 58.2 Å². The first-order valence-corrected chi connectivity index (χ1v) is 9.29. The maximum atomic E-state index is 12.7. The molecule has 1 fully saturated rings. The van der Waals surface area contributed by atoms with E-state index in [0.717, 1.165) is 38.9 Å². The number of nitrogens with one attached hydrogen (secondary N) is 1. The van der Waals surface area contributed by atoms with Gasteiger partial charge in [-0.3, -0.25) is 14.9 Å². The van der Waals surface area contributed by atoms with Gasteiger partial charge in [-0.05, 0) is 38.0 Å². The molecular weight excluding hydrogens is 348 g/mol. The summed E-state index contributed by atoms with van der Waals surface area (Å²) in [6, 6.07) is 18.3. The van der Waals surface area contributed by atoms with E-state index in [0.29, 0.717) is 11.1 Å². The fourth-order valence-electron chi connectivity index (χ4n) is 4.12. The number of hydrogen-bond donors (Lipinski definition) is 1. The number of aryl methyl sites for hydroxylation is 1. The Labute approximate surface area is 164 Å². The van der Waals surface area contributed by atoms with Crippen molar-refractivity contribution in [3.63, 3.8) is 0 Å². The highest BCUT2D eigenvalue weighted by atomic mass is 16.2. The highest BCUT2D eigenvalue weighted by Crippen LogP contribution is 2.40. The standard InChI is InChI=1S/C24H22N2O2/c1-14(2)19-21(24(28)25-23(19)27)15(3)20-17-12-8-9-13-18(17)26(4)22(20)16-10-6-5-7-11-16/h5-13H,1-4H3,(H,25,27,28)/b21-15+. The van der Waals surface area contributed by atoms with Crippen LogP contribution in [0.5, 0.6) is 0 Å². The summed E-state index contributed by atoms with van der Waals surface area (Å²) >= 11 is 0. The monoisotopic (exact) mass is 370 g/mol. The molecule has 2 aromatic carbocycles. The largest absolute Gasteiger partial charge is 0.343 e. The van der Waals surface area contributed by atoms with Crippen LogP contribution in [-0.2, 0) is 16.6 Å². The molecule has 0 bridgehead atoms. The summed E-state index contributed by atoms with van der Waals surface area (Å²) < 4.78 is 2.15. The van der Waals surface area contributed by atoms with Crippen molar-refractivity contribution >= 4 is 28.3 Å². The SMILES string of the molecule is CC(C)=C1C(=O)NC(=O)/C1=C(\C)c1c(-c2ccccc2)n(C)c2ccccc12. The fourth-order valence-corrected chi connectivity index (χ4v) is 4.12. The van der Waals surface area contributed by atoms with E-state index in [2.05, 4.69) is 34.1 Å². The summed E-state index contributed by atoms with van der Waals surface area (Å²) in [5.41, 5.74) is 6.77. The normalized spacial score (nSPS) is 15.9. The number of hydrogen-bond acceptors (Lipinski definition) is 2. The molecule has 0 atom stereocenters. The van der Waals surface area contributed by atoms with Crippen molar-refractivity contribution in [2.24, 2.45) is 7.05 Å². The van der Waals surface area contributed by atoms with E-state index in [1.165, 1.54) is 0 Å². The molecule has 140 valence electrons. The Bertz CT molecular complexity index is 1190. The Balaban J connectivity index is 2.14. The lowest BCUT2D eigenvalue weighted by Crippen LogP contribution is -2.20. The topological polar surface area (TPSA) is 51.1 Å². The molecule has 0 aliphatic carbocycles. The van der Waals surface area contributed by atoms with Crippen LogP contribution in [0.25, 0.3) is 27.7 Å². The van der Waals surface area contributed by atoms with Crippen molar-refractivity contribution in [3.8, 4) is 11.3 Å². The number of rotatable bonds is 2. The lowest BCUT2D eigenvalue weighted by Gasteiger charge is -2.11. The zero-order valence-electron chi connectivity index (χ0n) is 16.5. The van der Waals surface area contributed by atoms with Gasteiger partial charge in [-0.2, -0.15) is 0 Å². The van der Waals surface area contributed by atoms with Crippen LogP contribution in [0.3, 0.4) is 0 Å². The van der Waals surface area contributed by atoms with E-state index in [-0.39, 0.29) is 11.8 Å². The fraction of sp³-hybridized carbons (Fsp3) is 0.167. The van der Waals surface area contributed by atoms with Gasteiger partial charge in [0.05, 0.1) is 16.8 Å². The maximum Gasteiger partial charge on any atom is 0.259 e. The third kappa shape index (κ3) is 2.61. The van der Waals surface area contributed by atoms with E-state index in [1.54, 1.807) is 0 Å². The summed E-state index contributed by atoms with van der Waals surface area (Å²) in [5.74, 6) is -0.647. The second-order valence-electron chi connectivity index (χ2n) is 7.32. The maximum absolute atomic E-state index is 12.7. The summed E-state index contributed by atoms with van der Waals surface area (Å²) in [5, 5.41) is 3.53. The lowest BCUT2D eigenvalue weighted by molar-refractivity contribution is -0.123. The molecule has 1 N–H and O–H groups in total.